The first-order valence-corrected chi connectivity index (χ1v) is 7.73. The molecule has 0 aliphatic heterocycles. The Morgan fingerprint density at radius 3 is 2.74 bits per heavy atom. The van der Waals surface area contributed by atoms with Gasteiger partial charge in [-0.1, -0.05) is 30.3 Å². The van der Waals surface area contributed by atoms with E-state index in [0.29, 0.717) is 11.5 Å². The number of hydrogen-bond donors (Lipinski definition) is 2. The number of nitrogens with one attached hydrogen (secondary N) is 1. The van der Waals surface area contributed by atoms with Crippen LogP contribution in [0.2, 0.25) is 0 Å². The van der Waals surface area contributed by atoms with Crippen LogP contribution in [0.3, 0.4) is 0 Å². The minimum absolute atomic E-state index is 0.250. The average Bonchev–Trinajstić information content (AvgIpc) is 2.91. The predicted molar refractivity (Wildman–Crippen MR) is 73.4 cm³/mol. The van der Waals surface area contributed by atoms with E-state index in [4.69, 9.17) is 0 Å². The van der Waals surface area contributed by atoms with E-state index in [1.165, 1.54) is 18.4 Å². The van der Waals surface area contributed by atoms with Gasteiger partial charge in [0.05, 0.1) is 5.60 Å². The van der Waals surface area contributed by atoms with Crippen LogP contribution in [-0.4, -0.2) is 16.7 Å². The molecule has 0 saturated heterocycles. The molecule has 19 heavy (non-hydrogen) atoms. The lowest BCUT2D eigenvalue weighted by Crippen LogP contribution is -2.76. The molecule has 0 radical (unpaired) electrons. The molecule has 2 heteroatoms. The van der Waals surface area contributed by atoms with Crippen LogP contribution in [0.25, 0.3) is 0 Å². The largest absolute Gasteiger partial charge is 0.389 e. The van der Waals surface area contributed by atoms with Gasteiger partial charge in [0.25, 0.3) is 0 Å². The van der Waals surface area contributed by atoms with Crippen molar-refractivity contribution < 1.29 is 5.11 Å². The van der Waals surface area contributed by atoms with Crippen molar-refractivity contribution in [3.63, 3.8) is 0 Å². The van der Waals surface area contributed by atoms with Crippen LogP contribution < -0.4 is 5.32 Å². The topological polar surface area (TPSA) is 32.3 Å². The van der Waals surface area contributed by atoms with Crippen molar-refractivity contribution in [2.75, 3.05) is 0 Å². The van der Waals surface area contributed by atoms with Crippen molar-refractivity contribution in [2.24, 2.45) is 23.2 Å². The van der Waals surface area contributed by atoms with Gasteiger partial charge in [-0.2, -0.15) is 0 Å². The molecule has 4 aliphatic carbocycles. The summed E-state index contributed by atoms with van der Waals surface area (Å²) in [5, 5.41) is 14.4. The van der Waals surface area contributed by atoms with Crippen LogP contribution in [-0.2, 0) is 6.54 Å². The zero-order valence-corrected chi connectivity index (χ0v) is 11.2. The molecule has 1 aromatic carbocycles. The molecule has 100 valence electrons. The Morgan fingerprint density at radius 1 is 1.16 bits per heavy atom. The summed E-state index contributed by atoms with van der Waals surface area (Å²) in [6, 6.07) is 11.4. The highest BCUT2D eigenvalue weighted by Crippen LogP contribution is 2.82. The maximum Gasteiger partial charge on any atom is 0.0716 e. The van der Waals surface area contributed by atoms with Gasteiger partial charge in [-0.3, -0.25) is 0 Å². The Bertz CT molecular complexity index is 529. The van der Waals surface area contributed by atoms with Crippen molar-refractivity contribution >= 4 is 0 Å². The Hall–Kier alpha value is -0.860. The van der Waals surface area contributed by atoms with E-state index >= 15 is 0 Å². The highest BCUT2D eigenvalue weighted by atomic mass is 16.3. The molecule has 1 aromatic rings. The summed E-state index contributed by atoms with van der Waals surface area (Å²) in [6.07, 6.45) is 4.83. The predicted octanol–water partition coefficient (Wildman–Crippen LogP) is 2.33. The van der Waals surface area contributed by atoms with E-state index in [-0.39, 0.29) is 5.60 Å². The van der Waals surface area contributed by atoms with Crippen molar-refractivity contribution in [3.8, 4) is 0 Å². The van der Waals surface area contributed by atoms with Gasteiger partial charge in [-0.15, -0.1) is 0 Å². The average molecular weight is 255 g/mol. The normalized spacial score (nSPS) is 52.5. The number of benzene rings is 1. The zero-order chi connectivity index (χ0) is 12.7. The summed E-state index contributed by atoms with van der Waals surface area (Å²) >= 11 is 0. The van der Waals surface area contributed by atoms with E-state index in [9.17, 15) is 5.11 Å². The number of rotatable bonds is 3. The quantitative estimate of drug-likeness (QED) is 0.869. The molecule has 1 spiro atoms. The third-order valence-corrected chi connectivity index (χ3v) is 6.91. The van der Waals surface area contributed by atoms with Crippen LogP contribution in [0.1, 0.15) is 31.2 Å². The van der Waals surface area contributed by atoms with Gasteiger partial charge in [0.2, 0.25) is 0 Å². The first-order chi connectivity index (χ1) is 9.23. The van der Waals surface area contributed by atoms with Crippen LogP contribution >= 0.6 is 0 Å². The van der Waals surface area contributed by atoms with Crippen molar-refractivity contribution in [1.82, 2.24) is 5.32 Å². The van der Waals surface area contributed by atoms with Gasteiger partial charge in [0.15, 0.2) is 0 Å². The van der Waals surface area contributed by atoms with Crippen LogP contribution in [0, 0.1) is 23.2 Å². The third kappa shape index (κ3) is 1.09. The van der Waals surface area contributed by atoms with Gasteiger partial charge in [-0.05, 0) is 49.0 Å². The molecule has 4 aliphatic rings. The molecule has 4 unspecified atom stereocenters. The maximum absolute atomic E-state index is 10.6. The fourth-order valence-electron chi connectivity index (χ4n) is 6.24. The molecule has 2 nitrogen and oxygen atoms in total. The third-order valence-electron chi connectivity index (χ3n) is 6.91. The molecule has 0 aromatic heterocycles. The van der Waals surface area contributed by atoms with Crippen molar-refractivity contribution in [1.29, 1.82) is 0 Å². The fraction of sp³-hybridized carbons (Fsp3) is 0.647. The van der Waals surface area contributed by atoms with Gasteiger partial charge in [0, 0.05) is 18.0 Å². The minimum atomic E-state index is -0.250. The Labute approximate surface area is 114 Å². The van der Waals surface area contributed by atoms with Gasteiger partial charge in [-0.25, -0.2) is 0 Å². The SMILES string of the molecule is O[C@@]12CC3CC4CC31C(C2)[C@@H]4NCc1ccccc1. The molecule has 2 N–H and O–H groups in total. The molecular formula is C17H21NO. The molecule has 6 atom stereocenters. The molecule has 5 rings (SSSR count). The fourth-order valence-corrected chi connectivity index (χ4v) is 6.24. The Balaban J connectivity index is 1.34. The summed E-state index contributed by atoms with van der Waals surface area (Å²) in [5.74, 6) is 2.45. The lowest BCUT2D eigenvalue weighted by molar-refractivity contribution is -0.309. The number of aliphatic hydroxyl groups is 1. The van der Waals surface area contributed by atoms with E-state index in [0.717, 1.165) is 37.1 Å². The minimum Gasteiger partial charge on any atom is -0.389 e. The summed E-state index contributed by atoms with van der Waals surface area (Å²) in [7, 11) is 0. The van der Waals surface area contributed by atoms with E-state index in [1.54, 1.807) is 0 Å². The van der Waals surface area contributed by atoms with Crippen molar-refractivity contribution in [3.05, 3.63) is 35.9 Å². The molecule has 0 heterocycles. The summed E-state index contributed by atoms with van der Waals surface area (Å²) in [4.78, 5) is 0. The highest BCUT2D eigenvalue weighted by Gasteiger charge is 2.83. The van der Waals surface area contributed by atoms with E-state index in [1.807, 2.05) is 0 Å². The second-order valence-corrected chi connectivity index (χ2v) is 7.38. The smallest absolute Gasteiger partial charge is 0.0716 e. The Kier molecular flexibility index (Phi) is 1.85. The van der Waals surface area contributed by atoms with Crippen LogP contribution in [0.5, 0.6) is 0 Å². The summed E-state index contributed by atoms with van der Waals surface area (Å²) in [5.41, 5.74) is 1.48. The molecule has 0 amide bonds. The standard InChI is InChI=1S/C17H21NO/c19-16-8-13-6-12-7-17(13,16)14(9-16)15(12)18-10-11-4-2-1-3-5-11/h1-5,12-15,18-19H,6-10H2/t12?,13?,14?,15-,16-,17?/m1/s1. The molecule has 4 fully saturated rings. The lowest BCUT2D eigenvalue weighted by Gasteiger charge is -2.72. The second-order valence-electron chi connectivity index (χ2n) is 7.38. The van der Waals surface area contributed by atoms with Crippen molar-refractivity contribution in [2.45, 2.75) is 43.9 Å². The molecular weight excluding hydrogens is 234 g/mol. The monoisotopic (exact) mass is 255 g/mol. The van der Waals surface area contributed by atoms with E-state index in [2.05, 4.69) is 35.6 Å². The second kappa shape index (κ2) is 3.24. The lowest BCUT2D eigenvalue weighted by atomic mass is 9.35. The first-order valence-electron chi connectivity index (χ1n) is 7.73. The Morgan fingerprint density at radius 2 is 2.00 bits per heavy atom. The van der Waals surface area contributed by atoms with E-state index < -0.39 is 0 Å². The van der Waals surface area contributed by atoms with Gasteiger partial charge >= 0.3 is 0 Å². The van der Waals surface area contributed by atoms with Crippen LogP contribution in [0.4, 0.5) is 0 Å². The maximum atomic E-state index is 10.6. The first kappa shape index (κ1) is 10.9. The number of hydrogen-bond acceptors (Lipinski definition) is 2. The zero-order valence-electron chi connectivity index (χ0n) is 11.2. The molecule has 4 saturated carbocycles. The van der Waals surface area contributed by atoms with Crippen LogP contribution in [0.15, 0.2) is 30.3 Å². The van der Waals surface area contributed by atoms with Gasteiger partial charge < -0.3 is 10.4 Å². The van der Waals surface area contributed by atoms with Gasteiger partial charge in [0.1, 0.15) is 0 Å². The highest BCUT2D eigenvalue weighted by molar-refractivity contribution is 5.34. The number of fused-ring (bicyclic) bond motifs is 1. The summed E-state index contributed by atoms with van der Waals surface area (Å²) < 4.78 is 0. The molecule has 2 bridgehead atoms. The summed E-state index contributed by atoms with van der Waals surface area (Å²) in [6.45, 7) is 0.984.